The number of carboxylic acids is 1. The number of hydrogen-bond donors (Lipinski definition) is 1. The number of rotatable bonds is 7. The Morgan fingerprint density at radius 3 is 2.33 bits per heavy atom. The van der Waals surface area contributed by atoms with E-state index in [4.69, 9.17) is 9.84 Å². The highest BCUT2D eigenvalue weighted by Gasteiger charge is 2.35. The third-order valence-electron chi connectivity index (χ3n) is 4.93. The first kappa shape index (κ1) is 22.3. The summed E-state index contributed by atoms with van der Waals surface area (Å²) in [5, 5.41) is 8.60. The van der Waals surface area contributed by atoms with Crippen LogP contribution in [0.3, 0.4) is 0 Å². The lowest BCUT2D eigenvalue weighted by atomic mass is 10.1. The zero-order valence-electron chi connectivity index (χ0n) is 17.2. The predicted molar refractivity (Wildman–Crippen MR) is 122 cm³/mol. The van der Waals surface area contributed by atoms with Crippen LogP contribution in [-0.4, -0.2) is 27.1 Å². The highest BCUT2D eigenvalue weighted by molar-refractivity contribution is 8.18. The molecule has 8 heteroatoms. The van der Waals surface area contributed by atoms with E-state index >= 15 is 0 Å². The molecule has 0 spiro atoms. The Hall–Kier alpha value is -3.91. The molecule has 1 aliphatic rings. The van der Waals surface area contributed by atoms with Gasteiger partial charge in [0, 0.05) is 5.56 Å². The Kier molecular flexibility index (Phi) is 6.55. The summed E-state index contributed by atoms with van der Waals surface area (Å²) in [4.78, 5) is 37.6. The molecule has 0 aliphatic carbocycles. The average Bonchev–Trinajstić information content (AvgIpc) is 3.07. The Morgan fingerprint density at radius 1 is 0.970 bits per heavy atom. The molecule has 0 saturated carbocycles. The van der Waals surface area contributed by atoms with Crippen LogP contribution in [0, 0.1) is 5.82 Å². The van der Waals surface area contributed by atoms with Crippen molar-refractivity contribution in [1.82, 2.24) is 4.90 Å². The van der Waals surface area contributed by atoms with Crippen molar-refractivity contribution in [2.75, 3.05) is 0 Å². The lowest BCUT2D eigenvalue weighted by Crippen LogP contribution is -2.27. The molecule has 2 amide bonds. The first-order chi connectivity index (χ1) is 15.9. The summed E-state index contributed by atoms with van der Waals surface area (Å²) in [6.45, 7) is 0.267. The molecule has 1 aliphatic heterocycles. The van der Waals surface area contributed by atoms with Crippen LogP contribution in [0.1, 0.15) is 27.0 Å². The van der Waals surface area contributed by atoms with Gasteiger partial charge in [0.15, 0.2) is 0 Å². The Labute approximate surface area is 193 Å². The maximum absolute atomic E-state index is 13.1. The second-order valence-corrected chi connectivity index (χ2v) is 8.22. The van der Waals surface area contributed by atoms with Crippen LogP contribution < -0.4 is 4.74 Å². The van der Waals surface area contributed by atoms with Crippen molar-refractivity contribution in [2.24, 2.45) is 0 Å². The number of carboxylic acid groups (broad SMARTS) is 1. The molecule has 166 valence electrons. The van der Waals surface area contributed by atoms with Crippen LogP contribution >= 0.6 is 11.8 Å². The van der Waals surface area contributed by atoms with Gasteiger partial charge < -0.3 is 9.84 Å². The number of imide groups is 1. The molecule has 1 N–H and O–H groups in total. The van der Waals surface area contributed by atoms with Crippen LogP contribution in [0.4, 0.5) is 9.18 Å². The molecule has 0 bridgehead atoms. The molecule has 4 rings (SSSR count). The van der Waals surface area contributed by atoms with Crippen LogP contribution in [0.5, 0.6) is 5.75 Å². The first-order valence-corrected chi connectivity index (χ1v) is 10.8. The molecule has 1 heterocycles. The molecule has 0 aromatic heterocycles. The van der Waals surface area contributed by atoms with Gasteiger partial charge in [-0.2, -0.15) is 0 Å². The van der Waals surface area contributed by atoms with Crippen LogP contribution in [0.2, 0.25) is 0 Å². The number of aromatic carboxylic acids is 1. The fourth-order valence-corrected chi connectivity index (χ4v) is 4.01. The smallest absolute Gasteiger partial charge is 0.335 e. The average molecular weight is 463 g/mol. The Morgan fingerprint density at radius 2 is 1.64 bits per heavy atom. The molecular formula is C25H18FNO5S. The second-order valence-electron chi connectivity index (χ2n) is 7.22. The monoisotopic (exact) mass is 463 g/mol. The summed E-state index contributed by atoms with van der Waals surface area (Å²) >= 11 is 0.840. The SMILES string of the molecule is O=C(O)c1ccc(COc2ccccc2/C=C2\SC(=O)N(Cc3ccc(F)cc3)C2=O)cc1. The van der Waals surface area contributed by atoms with E-state index in [1.54, 1.807) is 42.5 Å². The van der Waals surface area contributed by atoms with E-state index in [-0.39, 0.29) is 29.4 Å². The van der Waals surface area contributed by atoms with Crippen molar-refractivity contribution in [3.8, 4) is 5.75 Å². The van der Waals surface area contributed by atoms with E-state index in [2.05, 4.69) is 0 Å². The second kappa shape index (κ2) is 9.70. The number of carbonyl (C=O) groups is 3. The lowest BCUT2D eigenvalue weighted by Gasteiger charge is -2.12. The number of halogens is 1. The number of ether oxygens (including phenoxy) is 1. The number of benzene rings is 3. The molecule has 1 saturated heterocycles. The number of hydrogen-bond acceptors (Lipinski definition) is 5. The molecule has 6 nitrogen and oxygen atoms in total. The van der Waals surface area contributed by atoms with Crippen molar-refractivity contribution in [2.45, 2.75) is 13.2 Å². The van der Waals surface area contributed by atoms with Gasteiger partial charge in [-0.3, -0.25) is 14.5 Å². The summed E-state index contributed by atoms with van der Waals surface area (Å²) in [5.41, 5.74) is 2.26. The van der Waals surface area contributed by atoms with E-state index < -0.39 is 17.1 Å². The molecule has 0 radical (unpaired) electrons. The summed E-state index contributed by atoms with van der Waals surface area (Å²) in [5.74, 6) is -1.29. The van der Waals surface area contributed by atoms with Crippen molar-refractivity contribution in [3.63, 3.8) is 0 Å². The maximum atomic E-state index is 13.1. The van der Waals surface area contributed by atoms with Crippen molar-refractivity contribution >= 4 is 35.0 Å². The minimum Gasteiger partial charge on any atom is -0.488 e. The van der Waals surface area contributed by atoms with Gasteiger partial charge >= 0.3 is 5.97 Å². The summed E-state index contributed by atoms with van der Waals surface area (Å²) < 4.78 is 19.0. The van der Waals surface area contributed by atoms with Gasteiger partial charge in [-0.15, -0.1) is 0 Å². The third kappa shape index (κ3) is 5.30. The van der Waals surface area contributed by atoms with Gasteiger partial charge in [-0.1, -0.05) is 42.5 Å². The van der Waals surface area contributed by atoms with Gasteiger partial charge in [0.1, 0.15) is 18.2 Å². The standard InChI is InChI=1S/C25H18FNO5S/c26-20-11-7-16(8-12-20)14-27-23(28)22(33-25(27)31)13-19-3-1-2-4-21(19)32-15-17-5-9-18(10-6-17)24(29)30/h1-13H,14-15H2,(H,29,30)/b22-13-. The molecule has 0 unspecified atom stereocenters. The fraction of sp³-hybridized carbons (Fsp3) is 0.0800. The quantitative estimate of drug-likeness (QED) is 0.476. The summed E-state index contributed by atoms with van der Waals surface area (Å²) in [6.07, 6.45) is 1.61. The largest absolute Gasteiger partial charge is 0.488 e. The van der Waals surface area contributed by atoms with E-state index in [0.29, 0.717) is 16.9 Å². The zero-order chi connectivity index (χ0) is 23.4. The van der Waals surface area contributed by atoms with Crippen LogP contribution in [0.15, 0.2) is 77.7 Å². The molecular weight excluding hydrogens is 445 g/mol. The maximum Gasteiger partial charge on any atom is 0.335 e. The number of amides is 2. The number of para-hydroxylation sites is 1. The highest BCUT2D eigenvalue weighted by atomic mass is 32.2. The topological polar surface area (TPSA) is 83.9 Å². The zero-order valence-corrected chi connectivity index (χ0v) is 18.0. The molecule has 3 aromatic carbocycles. The van der Waals surface area contributed by atoms with E-state index in [9.17, 15) is 18.8 Å². The highest BCUT2D eigenvalue weighted by Crippen LogP contribution is 2.35. The van der Waals surface area contributed by atoms with Gasteiger partial charge in [-0.25, -0.2) is 9.18 Å². The minimum absolute atomic E-state index is 0.0623. The summed E-state index contributed by atoms with van der Waals surface area (Å²) in [7, 11) is 0. The third-order valence-corrected chi connectivity index (χ3v) is 5.84. The van der Waals surface area contributed by atoms with Crippen molar-refractivity contribution < 1.29 is 28.6 Å². The molecule has 33 heavy (non-hydrogen) atoms. The first-order valence-electron chi connectivity index (χ1n) is 9.94. The van der Waals surface area contributed by atoms with Gasteiger partial charge in [0.25, 0.3) is 11.1 Å². The van der Waals surface area contributed by atoms with Gasteiger partial charge in [0.05, 0.1) is 17.0 Å². The van der Waals surface area contributed by atoms with Crippen molar-refractivity contribution in [1.29, 1.82) is 0 Å². The Bertz CT molecular complexity index is 1240. The van der Waals surface area contributed by atoms with Crippen molar-refractivity contribution in [3.05, 3.63) is 106 Å². The van der Waals surface area contributed by atoms with E-state index in [1.807, 2.05) is 0 Å². The van der Waals surface area contributed by atoms with Crippen LogP contribution in [0.25, 0.3) is 6.08 Å². The number of thioether (sulfide) groups is 1. The number of carbonyl (C=O) groups excluding carboxylic acids is 2. The normalized spacial score (nSPS) is 14.7. The number of nitrogens with zero attached hydrogens (tertiary/aromatic N) is 1. The van der Waals surface area contributed by atoms with Gasteiger partial charge in [0.2, 0.25) is 0 Å². The van der Waals surface area contributed by atoms with Gasteiger partial charge in [-0.05, 0) is 59.3 Å². The minimum atomic E-state index is -0.999. The fourth-order valence-electron chi connectivity index (χ4n) is 3.19. The molecule has 1 fully saturated rings. The lowest BCUT2D eigenvalue weighted by molar-refractivity contribution is -0.123. The predicted octanol–water partition coefficient (Wildman–Crippen LogP) is 5.34. The van der Waals surface area contributed by atoms with E-state index in [1.165, 1.54) is 36.4 Å². The molecule has 3 aromatic rings. The Balaban J connectivity index is 1.48. The summed E-state index contributed by atoms with van der Waals surface area (Å²) in [6, 6.07) is 19.1. The van der Waals surface area contributed by atoms with E-state index in [0.717, 1.165) is 22.2 Å². The molecule has 0 atom stereocenters. The van der Waals surface area contributed by atoms with Crippen LogP contribution in [-0.2, 0) is 17.9 Å².